The zero-order chi connectivity index (χ0) is 13.7. The van der Waals surface area contributed by atoms with Crippen molar-refractivity contribution in [2.24, 2.45) is 0 Å². The number of methoxy groups -OCH3 is 1. The van der Waals surface area contributed by atoms with E-state index in [2.05, 4.69) is 10.6 Å². The molecule has 1 amide bonds. The number of hydrogen-bond acceptors (Lipinski definition) is 5. The molecule has 20 heavy (non-hydrogen) atoms. The van der Waals surface area contributed by atoms with Gasteiger partial charge in [0, 0.05) is 18.2 Å². The first-order valence-electron chi connectivity index (χ1n) is 6.11. The van der Waals surface area contributed by atoms with Gasteiger partial charge < -0.3 is 15.2 Å². The normalized spacial score (nSPS) is 19.0. The first kappa shape index (κ1) is 17.1. The average Bonchev–Trinajstić information content (AvgIpc) is 2.98. The summed E-state index contributed by atoms with van der Waals surface area (Å²) in [6.07, 6.45) is -0.729. The lowest BCUT2D eigenvalue weighted by molar-refractivity contribution is -0.122. The number of nitrogens with one attached hydrogen (secondary N) is 2. The van der Waals surface area contributed by atoms with Crippen molar-refractivity contribution in [1.82, 2.24) is 10.6 Å². The number of hydrogen-bond donors (Lipinski definition) is 3. The predicted octanol–water partition coefficient (Wildman–Crippen LogP) is 0.929. The maximum Gasteiger partial charge on any atom is 0.238 e. The minimum Gasteiger partial charge on any atom is -0.497 e. The summed E-state index contributed by atoms with van der Waals surface area (Å²) in [4.78, 5) is 11.8. The van der Waals surface area contributed by atoms with Crippen LogP contribution in [-0.2, 0) is 4.79 Å². The molecule has 1 aromatic carbocycles. The van der Waals surface area contributed by atoms with Crippen LogP contribution in [0.4, 0.5) is 0 Å². The Bertz CT molecular complexity index is 441. The van der Waals surface area contributed by atoms with E-state index < -0.39 is 6.10 Å². The summed E-state index contributed by atoms with van der Waals surface area (Å²) in [5.41, 5.74) is 0.730. The third-order valence-electron chi connectivity index (χ3n) is 2.98. The van der Waals surface area contributed by atoms with E-state index in [0.717, 1.165) is 17.2 Å². The SMILES string of the molecule is COc1cccc(C(O)CNC(=O)C2CSCN2)c1.Cl. The molecular formula is C13H19ClN2O3S. The van der Waals surface area contributed by atoms with E-state index in [1.165, 1.54) is 0 Å². The Morgan fingerprint density at radius 3 is 3.10 bits per heavy atom. The molecule has 2 atom stereocenters. The van der Waals surface area contributed by atoms with Gasteiger partial charge in [-0.2, -0.15) is 0 Å². The van der Waals surface area contributed by atoms with Crippen molar-refractivity contribution in [3.63, 3.8) is 0 Å². The van der Waals surface area contributed by atoms with Crippen LogP contribution in [0.2, 0.25) is 0 Å². The van der Waals surface area contributed by atoms with E-state index >= 15 is 0 Å². The summed E-state index contributed by atoms with van der Waals surface area (Å²) in [6.45, 7) is 0.203. The number of ether oxygens (including phenoxy) is 1. The smallest absolute Gasteiger partial charge is 0.238 e. The summed E-state index contributed by atoms with van der Waals surface area (Å²) < 4.78 is 5.10. The van der Waals surface area contributed by atoms with E-state index in [1.807, 2.05) is 18.2 Å². The molecule has 1 fully saturated rings. The van der Waals surface area contributed by atoms with Crippen LogP contribution in [0.15, 0.2) is 24.3 Å². The highest BCUT2D eigenvalue weighted by molar-refractivity contribution is 7.99. The van der Waals surface area contributed by atoms with Gasteiger partial charge in [0.15, 0.2) is 0 Å². The molecule has 0 aliphatic carbocycles. The lowest BCUT2D eigenvalue weighted by Crippen LogP contribution is -2.43. The van der Waals surface area contributed by atoms with Crippen molar-refractivity contribution in [2.45, 2.75) is 12.1 Å². The van der Waals surface area contributed by atoms with Gasteiger partial charge in [-0.15, -0.1) is 24.2 Å². The third-order valence-corrected chi connectivity index (χ3v) is 3.92. The highest BCUT2D eigenvalue weighted by Crippen LogP contribution is 2.18. The van der Waals surface area contributed by atoms with Gasteiger partial charge in [0.25, 0.3) is 0 Å². The second-order valence-corrected chi connectivity index (χ2v) is 5.34. The third kappa shape index (κ3) is 4.56. The highest BCUT2D eigenvalue weighted by Gasteiger charge is 2.22. The highest BCUT2D eigenvalue weighted by atomic mass is 35.5. The van der Waals surface area contributed by atoms with Gasteiger partial charge in [0.1, 0.15) is 5.75 Å². The number of carbonyl (C=O) groups is 1. The van der Waals surface area contributed by atoms with E-state index in [9.17, 15) is 9.90 Å². The lowest BCUT2D eigenvalue weighted by atomic mass is 10.1. The number of carbonyl (C=O) groups excluding carboxylic acids is 1. The molecule has 7 heteroatoms. The Hall–Kier alpha value is -0.950. The maximum atomic E-state index is 11.8. The fraction of sp³-hybridized carbons (Fsp3) is 0.462. The number of benzene rings is 1. The largest absolute Gasteiger partial charge is 0.497 e. The monoisotopic (exact) mass is 318 g/mol. The Labute approximate surface area is 128 Å². The molecule has 1 aromatic rings. The molecule has 1 aliphatic heterocycles. The van der Waals surface area contributed by atoms with Crippen LogP contribution in [0.3, 0.4) is 0 Å². The first-order valence-corrected chi connectivity index (χ1v) is 7.27. The van der Waals surface area contributed by atoms with Crippen molar-refractivity contribution in [2.75, 3.05) is 25.3 Å². The maximum absolute atomic E-state index is 11.8. The fourth-order valence-electron chi connectivity index (χ4n) is 1.85. The van der Waals surface area contributed by atoms with Crippen molar-refractivity contribution in [1.29, 1.82) is 0 Å². The molecule has 1 saturated heterocycles. The molecule has 2 unspecified atom stereocenters. The molecule has 0 aromatic heterocycles. The minimum absolute atomic E-state index is 0. The van der Waals surface area contributed by atoms with E-state index in [4.69, 9.17) is 4.74 Å². The van der Waals surface area contributed by atoms with Gasteiger partial charge in [0.2, 0.25) is 5.91 Å². The van der Waals surface area contributed by atoms with Gasteiger partial charge >= 0.3 is 0 Å². The van der Waals surface area contributed by atoms with Crippen molar-refractivity contribution in [3.8, 4) is 5.75 Å². The number of thioether (sulfide) groups is 1. The topological polar surface area (TPSA) is 70.6 Å². The summed E-state index contributed by atoms with van der Waals surface area (Å²) in [6, 6.07) is 7.05. The molecular weight excluding hydrogens is 300 g/mol. The predicted molar refractivity (Wildman–Crippen MR) is 82.5 cm³/mol. The fourth-order valence-corrected chi connectivity index (χ4v) is 2.79. The molecule has 2 rings (SSSR count). The Kier molecular flexibility index (Phi) is 7.15. The Morgan fingerprint density at radius 2 is 2.45 bits per heavy atom. The number of halogens is 1. The van der Waals surface area contributed by atoms with E-state index in [-0.39, 0.29) is 30.9 Å². The molecule has 0 spiro atoms. The summed E-state index contributed by atoms with van der Waals surface area (Å²) >= 11 is 1.70. The van der Waals surface area contributed by atoms with Gasteiger partial charge in [-0.3, -0.25) is 10.1 Å². The lowest BCUT2D eigenvalue weighted by Gasteiger charge is -2.15. The van der Waals surface area contributed by atoms with Crippen LogP contribution in [0, 0.1) is 0 Å². The summed E-state index contributed by atoms with van der Waals surface area (Å²) in [5, 5.41) is 15.9. The number of aliphatic hydroxyl groups excluding tert-OH is 1. The zero-order valence-corrected chi connectivity index (χ0v) is 12.8. The minimum atomic E-state index is -0.729. The molecule has 1 aliphatic rings. The molecule has 112 valence electrons. The average molecular weight is 319 g/mol. The zero-order valence-electron chi connectivity index (χ0n) is 11.2. The van der Waals surface area contributed by atoms with Crippen LogP contribution in [-0.4, -0.2) is 42.3 Å². The van der Waals surface area contributed by atoms with Crippen LogP contribution in [0.1, 0.15) is 11.7 Å². The Morgan fingerprint density at radius 1 is 1.65 bits per heavy atom. The van der Waals surface area contributed by atoms with Gasteiger partial charge in [-0.05, 0) is 17.7 Å². The molecule has 0 saturated carbocycles. The molecule has 0 radical (unpaired) electrons. The standard InChI is InChI=1S/C13H18N2O3S.ClH/c1-18-10-4-2-3-9(5-10)12(16)6-14-13(17)11-7-19-8-15-11;/h2-5,11-12,15-16H,6-8H2,1H3,(H,14,17);1H. The molecule has 5 nitrogen and oxygen atoms in total. The summed E-state index contributed by atoms with van der Waals surface area (Å²) in [7, 11) is 1.58. The van der Waals surface area contributed by atoms with E-state index in [1.54, 1.807) is 24.9 Å². The quantitative estimate of drug-likeness (QED) is 0.753. The van der Waals surface area contributed by atoms with Gasteiger partial charge in [-0.25, -0.2) is 0 Å². The second-order valence-electron chi connectivity index (χ2n) is 4.31. The van der Waals surface area contributed by atoms with Crippen molar-refractivity contribution < 1.29 is 14.6 Å². The number of amides is 1. The van der Waals surface area contributed by atoms with Crippen LogP contribution in [0.25, 0.3) is 0 Å². The van der Waals surface area contributed by atoms with Crippen LogP contribution in [0.5, 0.6) is 5.75 Å². The number of rotatable bonds is 5. The number of aliphatic hydroxyl groups is 1. The van der Waals surface area contributed by atoms with Crippen LogP contribution < -0.4 is 15.4 Å². The van der Waals surface area contributed by atoms with Crippen molar-refractivity contribution in [3.05, 3.63) is 29.8 Å². The van der Waals surface area contributed by atoms with Gasteiger partial charge in [0.05, 0.1) is 19.3 Å². The van der Waals surface area contributed by atoms with Gasteiger partial charge in [-0.1, -0.05) is 12.1 Å². The van der Waals surface area contributed by atoms with Crippen molar-refractivity contribution >= 4 is 30.1 Å². The molecule has 0 bridgehead atoms. The van der Waals surface area contributed by atoms with E-state index in [0.29, 0.717) is 5.75 Å². The van der Waals surface area contributed by atoms with Crippen LogP contribution >= 0.6 is 24.2 Å². The molecule has 1 heterocycles. The summed E-state index contributed by atoms with van der Waals surface area (Å²) in [5.74, 6) is 2.21. The Balaban J connectivity index is 0.00000200. The second kappa shape index (κ2) is 8.36. The molecule has 3 N–H and O–H groups in total. The first-order chi connectivity index (χ1) is 9.20.